The molecule has 0 aliphatic rings. The minimum atomic E-state index is -1.41. The second-order valence-corrected chi connectivity index (χ2v) is 12.7. The van der Waals surface area contributed by atoms with Crippen LogP contribution in [0.2, 0.25) is 0 Å². The molecule has 0 radical (unpaired) electrons. The van der Waals surface area contributed by atoms with Crippen molar-refractivity contribution in [2.24, 2.45) is 0 Å². The van der Waals surface area contributed by atoms with Gasteiger partial charge in [-0.1, -0.05) is 113 Å². The van der Waals surface area contributed by atoms with Crippen molar-refractivity contribution in [2.75, 3.05) is 5.75 Å². The normalized spacial score (nSPS) is 12.2. The molecule has 38 heavy (non-hydrogen) atoms. The third kappa shape index (κ3) is 10.7. The number of unbranched alkanes of at least 4 members (excludes halogenated alkanes) is 9. The highest BCUT2D eigenvalue weighted by Gasteiger charge is 2.27. The average Bonchev–Trinajstić information content (AvgIpc) is 2.88. The zero-order chi connectivity index (χ0) is 28.2. The molecular weight excluding hydrogens is 492 g/mol. The summed E-state index contributed by atoms with van der Waals surface area (Å²) >= 11 is 1.88. The van der Waals surface area contributed by atoms with Crippen LogP contribution >= 0.6 is 11.8 Å². The number of Topliss-reactive ketones (excluding diaryl/α,β-unsaturated/α-hetero) is 2. The predicted octanol–water partition coefficient (Wildman–Crippen LogP) is 8.34. The summed E-state index contributed by atoms with van der Waals surface area (Å²) in [5.41, 5.74) is 0.325. The van der Waals surface area contributed by atoms with Crippen LogP contribution in [0.4, 0.5) is 0 Å². The molecule has 0 heterocycles. The Bertz CT molecular complexity index is 912. The summed E-state index contributed by atoms with van der Waals surface area (Å²) in [7, 11) is 0. The fraction of sp³-hybridized carbons (Fsp3) is 0.576. The molecule has 0 saturated carbocycles. The lowest BCUT2D eigenvalue weighted by atomic mass is 9.93. The Kier molecular flexibility index (Phi) is 13.2. The zero-order valence-electron chi connectivity index (χ0n) is 24.1. The third-order valence-corrected chi connectivity index (χ3v) is 8.25. The fourth-order valence-electron chi connectivity index (χ4n) is 4.50. The summed E-state index contributed by atoms with van der Waals surface area (Å²) in [6, 6.07) is 15.0. The Hall–Kier alpha value is -1.95. The summed E-state index contributed by atoms with van der Waals surface area (Å²) in [6.07, 6.45) is 13.1. The van der Waals surface area contributed by atoms with Crippen LogP contribution in [0.5, 0.6) is 0 Å². The Morgan fingerprint density at radius 3 is 1.32 bits per heavy atom. The predicted molar refractivity (Wildman–Crippen MR) is 160 cm³/mol. The van der Waals surface area contributed by atoms with Gasteiger partial charge in [0.05, 0.1) is 5.25 Å². The van der Waals surface area contributed by atoms with Crippen molar-refractivity contribution in [2.45, 2.75) is 115 Å². The first kappa shape index (κ1) is 32.3. The number of aliphatic hydroxyl groups is 2. The van der Waals surface area contributed by atoms with Crippen molar-refractivity contribution < 1.29 is 19.8 Å². The maximum Gasteiger partial charge on any atom is 0.193 e. The molecule has 0 atom stereocenters. The van der Waals surface area contributed by atoms with Crippen LogP contribution in [0, 0.1) is 0 Å². The fourth-order valence-corrected chi connectivity index (χ4v) is 5.81. The van der Waals surface area contributed by atoms with Gasteiger partial charge in [0, 0.05) is 11.1 Å². The molecule has 0 amide bonds. The molecule has 210 valence electrons. The van der Waals surface area contributed by atoms with Gasteiger partial charge in [-0.15, -0.1) is 11.8 Å². The molecule has 0 unspecified atom stereocenters. The van der Waals surface area contributed by atoms with Gasteiger partial charge in [0.1, 0.15) is 11.2 Å². The van der Waals surface area contributed by atoms with E-state index in [9.17, 15) is 19.8 Å². The van der Waals surface area contributed by atoms with E-state index in [1.807, 2.05) is 36.0 Å². The second kappa shape index (κ2) is 15.6. The quantitative estimate of drug-likeness (QED) is 0.147. The molecule has 0 spiro atoms. The summed E-state index contributed by atoms with van der Waals surface area (Å²) in [5, 5.41) is 20.2. The maximum absolute atomic E-state index is 12.5. The van der Waals surface area contributed by atoms with Gasteiger partial charge in [0.25, 0.3) is 0 Å². The molecule has 0 aliphatic carbocycles. The van der Waals surface area contributed by atoms with E-state index in [4.69, 9.17) is 0 Å². The monoisotopic (exact) mass is 540 g/mol. The van der Waals surface area contributed by atoms with Crippen molar-refractivity contribution >= 4 is 23.3 Å². The average molecular weight is 541 g/mol. The highest BCUT2D eigenvalue weighted by atomic mass is 32.2. The molecule has 4 nitrogen and oxygen atoms in total. The molecule has 2 N–H and O–H groups in total. The number of ketones is 2. The molecule has 0 saturated heterocycles. The highest BCUT2D eigenvalue weighted by Crippen LogP contribution is 2.37. The van der Waals surface area contributed by atoms with E-state index >= 15 is 0 Å². The van der Waals surface area contributed by atoms with E-state index in [2.05, 4.69) is 6.92 Å². The lowest BCUT2D eigenvalue weighted by molar-refractivity contribution is 0.0487. The minimum absolute atomic E-state index is 0.0612. The Morgan fingerprint density at radius 1 is 0.632 bits per heavy atom. The van der Waals surface area contributed by atoms with Crippen LogP contribution in [0.3, 0.4) is 0 Å². The summed E-state index contributed by atoms with van der Waals surface area (Å²) in [4.78, 5) is 25.0. The molecule has 0 fully saturated rings. The van der Waals surface area contributed by atoms with Crippen molar-refractivity contribution in [1.29, 1.82) is 0 Å². The van der Waals surface area contributed by atoms with Crippen molar-refractivity contribution in [3.63, 3.8) is 0 Å². The number of thioether (sulfide) groups is 1. The topological polar surface area (TPSA) is 74.6 Å². The Balaban J connectivity index is 2.04. The first-order valence-corrected chi connectivity index (χ1v) is 15.4. The second-order valence-electron chi connectivity index (χ2n) is 11.5. The smallest absolute Gasteiger partial charge is 0.193 e. The summed E-state index contributed by atoms with van der Waals surface area (Å²) in [6.45, 7) is 8.27. The standard InChI is InChI=1S/C33H48O4S/c1-6-7-8-9-10-11-12-13-14-15-24-38-29(25-16-20-27(21-17-25)30(34)32(2,3)36)26-18-22-28(23-19-26)31(35)33(4,5)37/h16-23,29,36-37H,6-15,24H2,1-5H3. The summed E-state index contributed by atoms with van der Waals surface area (Å²) in [5.74, 6) is 0.428. The van der Waals surface area contributed by atoms with Gasteiger partial charge in [0.15, 0.2) is 11.6 Å². The van der Waals surface area contributed by atoms with Crippen molar-refractivity contribution in [3.8, 4) is 0 Å². The van der Waals surface area contributed by atoms with Gasteiger partial charge >= 0.3 is 0 Å². The molecule has 0 aromatic heterocycles. The van der Waals surface area contributed by atoms with Gasteiger partial charge in [-0.2, -0.15) is 0 Å². The van der Waals surface area contributed by atoms with E-state index in [0.29, 0.717) is 11.1 Å². The van der Waals surface area contributed by atoms with E-state index < -0.39 is 11.2 Å². The van der Waals surface area contributed by atoms with Gasteiger partial charge in [-0.05, 0) is 51.0 Å². The van der Waals surface area contributed by atoms with E-state index in [0.717, 1.165) is 23.3 Å². The summed E-state index contributed by atoms with van der Waals surface area (Å²) < 4.78 is 0. The van der Waals surface area contributed by atoms with Crippen molar-refractivity contribution in [3.05, 3.63) is 70.8 Å². The van der Waals surface area contributed by atoms with Crippen LogP contribution in [0.25, 0.3) is 0 Å². The third-order valence-electron chi connectivity index (χ3n) is 6.84. The number of carbonyl (C=O) groups excluding carboxylic acids is 2. The largest absolute Gasteiger partial charge is 0.382 e. The molecular formula is C33H48O4S. The van der Waals surface area contributed by atoms with E-state index in [1.54, 1.807) is 24.3 Å². The number of hydrogen-bond acceptors (Lipinski definition) is 5. The molecule has 2 aromatic carbocycles. The highest BCUT2D eigenvalue weighted by molar-refractivity contribution is 7.99. The van der Waals surface area contributed by atoms with Gasteiger partial charge in [-0.25, -0.2) is 0 Å². The SMILES string of the molecule is CCCCCCCCCCCCSC(c1ccc(C(=O)C(C)(C)O)cc1)c1ccc(C(=O)C(C)(C)O)cc1. The lowest BCUT2D eigenvalue weighted by Gasteiger charge is -2.20. The Morgan fingerprint density at radius 2 is 0.974 bits per heavy atom. The molecule has 2 rings (SSSR count). The van der Waals surface area contributed by atoms with Gasteiger partial charge < -0.3 is 10.2 Å². The van der Waals surface area contributed by atoms with E-state index in [-0.39, 0.29) is 16.8 Å². The number of benzene rings is 2. The lowest BCUT2D eigenvalue weighted by Crippen LogP contribution is -2.31. The van der Waals surface area contributed by atoms with Crippen LogP contribution in [0.1, 0.15) is 136 Å². The molecule has 0 bridgehead atoms. The molecule has 5 heteroatoms. The number of hydrogen-bond donors (Lipinski definition) is 2. The molecule has 0 aliphatic heterocycles. The first-order valence-electron chi connectivity index (χ1n) is 14.3. The van der Waals surface area contributed by atoms with Crippen LogP contribution in [0.15, 0.2) is 48.5 Å². The Labute approximate surface area is 234 Å². The van der Waals surface area contributed by atoms with Crippen molar-refractivity contribution in [1.82, 2.24) is 0 Å². The zero-order valence-corrected chi connectivity index (χ0v) is 24.9. The van der Waals surface area contributed by atoms with Gasteiger partial charge in [0.2, 0.25) is 0 Å². The number of carbonyl (C=O) groups is 2. The first-order chi connectivity index (χ1) is 17.9. The van der Waals surface area contributed by atoms with Gasteiger partial charge in [-0.3, -0.25) is 9.59 Å². The van der Waals surface area contributed by atoms with Crippen LogP contribution in [-0.4, -0.2) is 38.7 Å². The minimum Gasteiger partial charge on any atom is -0.382 e. The maximum atomic E-state index is 12.5. The van der Waals surface area contributed by atoms with E-state index in [1.165, 1.54) is 85.5 Å². The van der Waals surface area contributed by atoms with Crippen LogP contribution in [-0.2, 0) is 0 Å². The molecule has 2 aromatic rings. The van der Waals surface area contributed by atoms with Crippen LogP contribution < -0.4 is 0 Å². The number of rotatable bonds is 18.